The maximum absolute atomic E-state index is 12.9. The number of aromatic nitrogens is 1. The van der Waals surface area contributed by atoms with Gasteiger partial charge in [-0.15, -0.1) is 12.4 Å². The zero-order valence-electron chi connectivity index (χ0n) is 8.91. The topological polar surface area (TPSA) is 76.3 Å². The SMILES string of the molecule is Cl.NC1CCN(S(=O)(=O)c2cncc(F)c2)C1. The fraction of sp³-hybridized carbons (Fsp3) is 0.444. The first-order chi connectivity index (χ1) is 7.50. The van der Waals surface area contributed by atoms with Gasteiger partial charge in [-0.2, -0.15) is 4.31 Å². The maximum Gasteiger partial charge on any atom is 0.244 e. The van der Waals surface area contributed by atoms with E-state index in [0.29, 0.717) is 13.0 Å². The summed E-state index contributed by atoms with van der Waals surface area (Å²) in [6.45, 7) is 0.652. The summed E-state index contributed by atoms with van der Waals surface area (Å²) in [5, 5.41) is 0. The van der Waals surface area contributed by atoms with Crippen LogP contribution in [0.2, 0.25) is 0 Å². The second-order valence-corrected chi connectivity index (χ2v) is 5.69. The predicted octanol–water partition coefficient (Wildman–Crippen LogP) is 0.364. The molecule has 2 N–H and O–H groups in total. The van der Waals surface area contributed by atoms with Crippen LogP contribution in [0.4, 0.5) is 4.39 Å². The minimum Gasteiger partial charge on any atom is -0.326 e. The zero-order chi connectivity index (χ0) is 11.8. The number of nitrogens with zero attached hydrogens (tertiary/aromatic N) is 2. The second-order valence-electron chi connectivity index (χ2n) is 3.75. The van der Waals surface area contributed by atoms with Crippen molar-refractivity contribution in [2.24, 2.45) is 5.73 Å². The van der Waals surface area contributed by atoms with E-state index in [1.807, 2.05) is 0 Å². The summed E-state index contributed by atoms with van der Waals surface area (Å²) in [4.78, 5) is 3.41. The maximum atomic E-state index is 12.9. The molecule has 0 radical (unpaired) electrons. The van der Waals surface area contributed by atoms with Gasteiger partial charge >= 0.3 is 0 Å². The molecule has 96 valence electrons. The van der Waals surface area contributed by atoms with Gasteiger partial charge in [0.25, 0.3) is 0 Å². The molecule has 1 aromatic heterocycles. The van der Waals surface area contributed by atoms with Crippen molar-refractivity contribution in [3.8, 4) is 0 Å². The van der Waals surface area contributed by atoms with E-state index in [9.17, 15) is 12.8 Å². The van der Waals surface area contributed by atoms with E-state index in [2.05, 4.69) is 4.98 Å². The van der Waals surface area contributed by atoms with E-state index >= 15 is 0 Å². The summed E-state index contributed by atoms with van der Waals surface area (Å²) in [6, 6.07) is 0.822. The Morgan fingerprint density at radius 1 is 1.47 bits per heavy atom. The summed E-state index contributed by atoms with van der Waals surface area (Å²) in [6.07, 6.45) is 2.74. The van der Waals surface area contributed by atoms with Gasteiger partial charge in [0.05, 0.1) is 6.20 Å². The molecule has 2 heterocycles. The molecule has 0 aromatic carbocycles. The van der Waals surface area contributed by atoms with Crippen molar-refractivity contribution in [2.75, 3.05) is 13.1 Å². The van der Waals surface area contributed by atoms with Crippen molar-refractivity contribution in [1.82, 2.24) is 9.29 Å². The molecule has 2 rings (SSSR count). The number of rotatable bonds is 2. The van der Waals surface area contributed by atoms with Crippen LogP contribution in [0.5, 0.6) is 0 Å². The molecule has 0 bridgehead atoms. The number of hydrogen-bond acceptors (Lipinski definition) is 4. The molecule has 1 saturated heterocycles. The van der Waals surface area contributed by atoms with E-state index in [1.54, 1.807) is 0 Å². The van der Waals surface area contributed by atoms with E-state index in [1.165, 1.54) is 4.31 Å². The van der Waals surface area contributed by atoms with Crippen molar-refractivity contribution >= 4 is 22.4 Å². The van der Waals surface area contributed by atoms with Crippen LogP contribution in [0.1, 0.15) is 6.42 Å². The molecule has 0 amide bonds. The molecule has 1 aliphatic heterocycles. The van der Waals surface area contributed by atoms with Gasteiger partial charge in [-0.25, -0.2) is 12.8 Å². The van der Waals surface area contributed by atoms with Crippen molar-refractivity contribution in [2.45, 2.75) is 17.4 Å². The largest absolute Gasteiger partial charge is 0.326 e. The third-order valence-electron chi connectivity index (χ3n) is 2.51. The van der Waals surface area contributed by atoms with Crippen LogP contribution in [0.15, 0.2) is 23.4 Å². The Kier molecular flexibility index (Phi) is 4.42. The Balaban J connectivity index is 0.00000144. The molecule has 5 nitrogen and oxygen atoms in total. The van der Waals surface area contributed by atoms with Gasteiger partial charge in [0.2, 0.25) is 10.0 Å². The molecule has 1 fully saturated rings. The summed E-state index contributed by atoms with van der Waals surface area (Å²) in [7, 11) is -3.64. The van der Waals surface area contributed by atoms with E-state index in [0.717, 1.165) is 18.5 Å². The van der Waals surface area contributed by atoms with Crippen molar-refractivity contribution in [3.05, 3.63) is 24.3 Å². The summed E-state index contributed by atoms with van der Waals surface area (Å²) in [5.41, 5.74) is 5.63. The number of hydrogen-bond donors (Lipinski definition) is 1. The number of pyridine rings is 1. The van der Waals surface area contributed by atoms with Crippen LogP contribution in [-0.2, 0) is 10.0 Å². The Hall–Kier alpha value is -0.760. The molecule has 17 heavy (non-hydrogen) atoms. The first kappa shape index (κ1) is 14.3. The van der Waals surface area contributed by atoms with Gasteiger partial charge in [-0.1, -0.05) is 0 Å². The minimum atomic E-state index is -3.64. The lowest BCUT2D eigenvalue weighted by molar-refractivity contribution is 0.471. The molecule has 1 aromatic rings. The van der Waals surface area contributed by atoms with Crippen molar-refractivity contribution in [1.29, 1.82) is 0 Å². The first-order valence-corrected chi connectivity index (χ1v) is 6.30. The summed E-state index contributed by atoms with van der Waals surface area (Å²) < 4.78 is 38.1. The Bertz CT molecular complexity index is 497. The van der Waals surface area contributed by atoms with E-state index in [-0.39, 0.29) is 29.9 Å². The van der Waals surface area contributed by atoms with Gasteiger partial charge in [0, 0.05) is 25.3 Å². The molecular formula is C9H13ClFN3O2S. The summed E-state index contributed by atoms with van der Waals surface area (Å²) >= 11 is 0. The van der Waals surface area contributed by atoms with Gasteiger partial charge < -0.3 is 5.73 Å². The standard InChI is InChI=1S/C9H12FN3O2S.ClH/c10-7-3-9(5-12-4-7)16(14,15)13-2-1-8(11)6-13;/h3-5,8H,1-2,6,11H2;1H. The number of halogens is 2. The van der Waals surface area contributed by atoms with Crippen LogP contribution in [0, 0.1) is 5.82 Å². The van der Waals surface area contributed by atoms with Gasteiger partial charge in [-0.05, 0) is 12.5 Å². The Labute approximate surface area is 105 Å². The smallest absolute Gasteiger partial charge is 0.244 e. The molecular weight excluding hydrogens is 269 g/mol. The number of nitrogens with two attached hydrogens (primary N) is 1. The molecule has 1 atom stereocenters. The fourth-order valence-electron chi connectivity index (χ4n) is 1.65. The van der Waals surface area contributed by atoms with Crippen molar-refractivity contribution < 1.29 is 12.8 Å². The molecule has 0 aliphatic carbocycles. The Morgan fingerprint density at radius 2 is 2.18 bits per heavy atom. The highest BCUT2D eigenvalue weighted by Crippen LogP contribution is 2.19. The third-order valence-corrected chi connectivity index (χ3v) is 4.34. The molecule has 8 heteroatoms. The van der Waals surface area contributed by atoms with Crippen molar-refractivity contribution in [3.63, 3.8) is 0 Å². The highest BCUT2D eigenvalue weighted by molar-refractivity contribution is 7.89. The lowest BCUT2D eigenvalue weighted by Crippen LogP contribution is -2.32. The zero-order valence-corrected chi connectivity index (χ0v) is 10.5. The number of sulfonamides is 1. The first-order valence-electron chi connectivity index (χ1n) is 4.86. The van der Waals surface area contributed by atoms with Crippen LogP contribution >= 0.6 is 12.4 Å². The molecule has 0 spiro atoms. The highest BCUT2D eigenvalue weighted by Gasteiger charge is 2.31. The lowest BCUT2D eigenvalue weighted by Gasteiger charge is -2.15. The predicted molar refractivity (Wildman–Crippen MR) is 62.8 cm³/mol. The average Bonchev–Trinajstić information content (AvgIpc) is 2.65. The highest BCUT2D eigenvalue weighted by atomic mass is 35.5. The third kappa shape index (κ3) is 2.92. The fourth-order valence-corrected chi connectivity index (χ4v) is 3.14. The minimum absolute atomic E-state index is 0. The van der Waals surface area contributed by atoms with Gasteiger partial charge in [0.1, 0.15) is 10.7 Å². The van der Waals surface area contributed by atoms with Gasteiger partial charge in [-0.3, -0.25) is 4.98 Å². The molecule has 1 aliphatic rings. The summed E-state index contributed by atoms with van der Waals surface area (Å²) in [5.74, 6) is -0.662. The molecule has 0 saturated carbocycles. The molecule has 1 unspecified atom stereocenters. The normalized spacial score (nSPS) is 21.2. The second kappa shape index (κ2) is 5.26. The van der Waals surface area contributed by atoms with E-state index in [4.69, 9.17) is 5.73 Å². The van der Waals surface area contributed by atoms with E-state index < -0.39 is 15.8 Å². The van der Waals surface area contributed by atoms with Crippen LogP contribution < -0.4 is 5.73 Å². The monoisotopic (exact) mass is 281 g/mol. The van der Waals surface area contributed by atoms with Crippen LogP contribution in [0.25, 0.3) is 0 Å². The lowest BCUT2D eigenvalue weighted by atomic mass is 10.3. The average molecular weight is 282 g/mol. The van der Waals surface area contributed by atoms with Crippen LogP contribution in [0.3, 0.4) is 0 Å². The quantitative estimate of drug-likeness (QED) is 0.849. The Morgan fingerprint density at radius 3 is 2.71 bits per heavy atom. The van der Waals surface area contributed by atoms with Gasteiger partial charge in [0.15, 0.2) is 0 Å². The van der Waals surface area contributed by atoms with Crippen LogP contribution in [-0.4, -0.2) is 36.8 Å².